The van der Waals surface area contributed by atoms with E-state index in [1.54, 1.807) is 24.3 Å². The number of aromatic nitrogens is 1. The highest BCUT2D eigenvalue weighted by Gasteiger charge is 2.17. The molecule has 0 radical (unpaired) electrons. The summed E-state index contributed by atoms with van der Waals surface area (Å²) in [5.41, 5.74) is 1.18. The maximum absolute atomic E-state index is 13.9. The van der Waals surface area contributed by atoms with E-state index in [-0.39, 0.29) is 48.3 Å². The smallest absolute Gasteiger partial charge is 0.181 e. The zero-order valence-corrected chi connectivity index (χ0v) is 19.4. The van der Waals surface area contributed by atoms with Gasteiger partial charge in [-0.15, -0.1) is 0 Å². The summed E-state index contributed by atoms with van der Waals surface area (Å²) < 4.78 is 29.8. The van der Waals surface area contributed by atoms with Gasteiger partial charge in [-0.05, 0) is 42.5 Å². The summed E-state index contributed by atoms with van der Waals surface area (Å²) in [6, 6.07) is 11.9. The number of halogens is 2. The highest BCUT2D eigenvalue weighted by molar-refractivity contribution is 6.30. The standard InChI is InChI=1S/C25H23ClFNO6/c1-32-23-10-6-19(28-25(23)16-3-5-17(26)18(27)13-16)21(31)8-7-20(30)15-4-9-22(34-12-11-29)24(14-15)33-2/h3-6,9-10,13-14,29H,7-8,11-12H2,1-2H3. The lowest BCUT2D eigenvalue weighted by atomic mass is 10.0. The van der Waals surface area contributed by atoms with E-state index in [0.29, 0.717) is 34.1 Å². The molecule has 0 fully saturated rings. The van der Waals surface area contributed by atoms with Crippen LogP contribution in [0.5, 0.6) is 17.2 Å². The number of rotatable bonds is 11. The second-order valence-corrected chi connectivity index (χ2v) is 7.57. The van der Waals surface area contributed by atoms with Crippen molar-refractivity contribution in [3.05, 3.63) is 70.6 Å². The van der Waals surface area contributed by atoms with Gasteiger partial charge in [-0.3, -0.25) is 9.59 Å². The molecule has 0 aliphatic rings. The fraction of sp³-hybridized carbons (Fsp3) is 0.240. The fourth-order valence-corrected chi connectivity index (χ4v) is 3.35. The second-order valence-electron chi connectivity index (χ2n) is 7.16. The van der Waals surface area contributed by atoms with Crippen molar-refractivity contribution in [1.29, 1.82) is 0 Å². The van der Waals surface area contributed by atoms with Crippen LogP contribution < -0.4 is 14.2 Å². The van der Waals surface area contributed by atoms with Gasteiger partial charge in [0.25, 0.3) is 0 Å². The minimum absolute atomic E-state index is 0.0296. The highest BCUT2D eigenvalue weighted by atomic mass is 35.5. The molecule has 1 aromatic heterocycles. The first kappa shape index (κ1) is 25.1. The summed E-state index contributed by atoms with van der Waals surface area (Å²) in [5, 5.41) is 8.87. The van der Waals surface area contributed by atoms with Crippen LogP contribution in [0.3, 0.4) is 0 Å². The first-order valence-electron chi connectivity index (χ1n) is 10.4. The number of carbonyl (C=O) groups is 2. The number of hydrogen-bond donors (Lipinski definition) is 1. The molecule has 34 heavy (non-hydrogen) atoms. The van der Waals surface area contributed by atoms with E-state index in [2.05, 4.69) is 4.98 Å². The first-order valence-corrected chi connectivity index (χ1v) is 10.7. The van der Waals surface area contributed by atoms with Gasteiger partial charge in [0.05, 0.1) is 25.8 Å². The van der Waals surface area contributed by atoms with Crippen LogP contribution in [0.2, 0.25) is 5.02 Å². The number of benzene rings is 2. The van der Waals surface area contributed by atoms with E-state index in [0.717, 1.165) is 0 Å². The molecule has 0 spiro atoms. The zero-order valence-electron chi connectivity index (χ0n) is 18.6. The zero-order chi connectivity index (χ0) is 24.7. The van der Waals surface area contributed by atoms with Crippen LogP contribution in [0.25, 0.3) is 11.3 Å². The van der Waals surface area contributed by atoms with E-state index in [4.69, 9.17) is 30.9 Å². The van der Waals surface area contributed by atoms with Crippen LogP contribution in [0.15, 0.2) is 48.5 Å². The van der Waals surface area contributed by atoms with Gasteiger partial charge in [0.15, 0.2) is 23.1 Å². The van der Waals surface area contributed by atoms with Crippen molar-refractivity contribution in [2.45, 2.75) is 12.8 Å². The average Bonchev–Trinajstić information content (AvgIpc) is 2.86. The molecule has 0 amide bonds. The van der Waals surface area contributed by atoms with Crippen LogP contribution >= 0.6 is 11.6 Å². The third kappa shape index (κ3) is 5.89. The Morgan fingerprint density at radius 1 is 0.941 bits per heavy atom. The Balaban J connectivity index is 1.74. The summed E-state index contributed by atoms with van der Waals surface area (Å²) in [5.74, 6) is -0.103. The first-order chi connectivity index (χ1) is 16.4. The number of ether oxygens (including phenoxy) is 3. The molecule has 1 N–H and O–H groups in total. The molecule has 0 unspecified atom stereocenters. The van der Waals surface area contributed by atoms with Gasteiger partial charge in [0.1, 0.15) is 29.6 Å². The Morgan fingerprint density at radius 2 is 1.65 bits per heavy atom. The number of aliphatic hydroxyl groups excluding tert-OH is 1. The van der Waals surface area contributed by atoms with Gasteiger partial charge in [-0.25, -0.2) is 9.37 Å². The van der Waals surface area contributed by atoms with E-state index >= 15 is 0 Å². The Bertz CT molecular complexity index is 1200. The third-order valence-corrected chi connectivity index (χ3v) is 5.28. The van der Waals surface area contributed by atoms with Crippen molar-refractivity contribution >= 4 is 23.2 Å². The minimum atomic E-state index is -0.617. The lowest BCUT2D eigenvalue weighted by Crippen LogP contribution is -2.08. The molecular weight excluding hydrogens is 465 g/mol. The molecule has 2 aromatic carbocycles. The molecule has 3 rings (SSSR count). The summed E-state index contributed by atoms with van der Waals surface area (Å²) in [4.78, 5) is 29.8. The molecule has 9 heteroatoms. The molecule has 0 atom stereocenters. The van der Waals surface area contributed by atoms with Gasteiger partial charge in [-0.1, -0.05) is 17.7 Å². The number of nitrogens with zero attached hydrogens (tertiary/aromatic N) is 1. The van der Waals surface area contributed by atoms with Gasteiger partial charge in [0.2, 0.25) is 0 Å². The van der Waals surface area contributed by atoms with Crippen LogP contribution in [0.4, 0.5) is 4.39 Å². The van der Waals surface area contributed by atoms with Crippen molar-refractivity contribution in [2.24, 2.45) is 0 Å². The van der Waals surface area contributed by atoms with Gasteiger partial charge < -0.3 is 19.3 Å². The van der Waals surface area contributed by atoms with Gasteiger partial charge in [-0.2, -0.15) is 0 Å². The number of aliphatic hydroxyl groups is 1. The minimum Gasteiger partial charge on any atom is -0.494 e. The summed E-state index contributed by atoms with van der Waals surface area (Å²) >= 11 is 5.76. The predicted octanol–water partition coefficient (Wildman–Crippen LogP) is 4.78. The summed E-state index contributed by atoms with van der Waals surface area (Å²) in [7, 11) is 2.89. The SMILES string of the molecule is COc1cc(C(=O)CCC(=O)c2ccc(OC)c(-c3ccc(Cl)c(F)c3)n2)ccc1OCCO. The lowest BCUT2D eigenvalue weighted by Gasteiger charge is -2.11. The monoisotopic (exact) mass is 487 g/mol. The molecule has 0 aliphatic carbocycles. The largest absolute Gasteiger partial charge is 0.494 e. The highest BCUT2D eigenvalue weighted by Crippen LogP contribution is 2.31. The lowest BCUT2D eigenvalue weighted by molar-refractivity contribution is 0.0914. The van der Waals surface area contributed by atoms with Crippen molar-refractivity contribution in [2.75, 3.05) is 27.4 Å². The number of ketones is 2. The maximum Gasteiger partial charge on any atom is 0.181 e. The van der Waals surface area contributed by atoms with Crippen LogP contribution in [-0.2, 0) is 0 Å². The topological polar surface area (TPSA) is 95.0 Å². The number of methoxy groups -OCH3 is 2. The molecule has 0 bridgehead atoms. The fourth-order valence-electron chi connectivity index (χ4n) is 3.23. The van der Waals surface area contributed by atoms with Crippen molar-refractivity contribution < 1.29 is 33.3 Å². The Kier molecular flexibility index (Phi) is 8.56. The molecule has 178 valence electrons. The molecular formula is C25H23ClFNO6. The van der Waals surface area contributed by atoms with Crippen LogP contribution in [0.1, 0.15) is 33.7 Å². The Hall–Kier alpha value is -3.49. The Morgan fingerprint density at radius 3 is 2.32 bits per heavy atom. The van der Waals surface area contributed by atoms with E-state index in [1.165, 1.54) is 38.5 Å². The Labute approximate surface area is 201 Å². The van der Waals surface area contributed by atoms with Gasteiger partial charge in [0, 0.05) is 24.0 Å². The molecule has 7 nitrogen and oxygen atoms in total. The number of pyridine rings is 1. The molecule has 0 saturated heterocycles. The average molecular weight is 488 g/mol. The predicted molar refractivity (Wildman–Crippen MR) is 125 cm³/mol. The van der Waals surface area contributed by atoms with Crippen molar-refractivity contribution in [1.82, 2.24) is 4.98 Å². The maximum atomic E-state index is 13.9. The normalized spacial score (nSPS) is 10.6. The third-order valence-electron chi connectivity index (χ3n) is 4.97. The molecule has 0 saturated carbocycles. The second kappa shape index (κ2) is 11.6. The van der Waals surface area contributed by atoms with E-state index in [1.807, 2.05) is 0 Å². The molecule has 0 aliphatic heterocycles. The number of Topliss-reactive ketones (excluding diaryl/α,β-unsaturated/α-hetero) is 2. The van der Waals surface area contributed by atoms with E-state index in [9.17, 15) is 14.0 Å². The quantitative estimate of drug-likeness (QED) is 0.389. The molecule has 3 aromatic rings. The van der Waals surface area contributed by atoms with E-state index < -0.39 is 5.82 Å². The number of carbonyl (C=O) groups excluding carboxylic acids is 2. The molecule has 1 heterocycles. The van der Waals surface area contributed by atoms with Crippen LogP contribution in [-0.4, -0.2) is 49.1 Å². The van der Waals surface area contributed by atoms with Gasteiger partial charge >= 0.3 is 0 Å². The number of hydrogen-bond acceptors (Lipinski definition) is 7. The van der Waals surface area contributed by atoms with Crippen molar-refractivity contribution in [3.8, 4) is 28.5 Å². The van der Waals surface area contributed by atoms with Crippen molar-refractivity contribution in [3.63, 3.8) is 0 Å². The summed E-state index contributed by atoms with van der Waals surface area (Å²) in [6.07, 6.45) is -0.116. The summed E-state index contributed by atoms with van der Waals surface area (Å²) in [6.45, 7) is -0.0579. The van der Waals surface area contributed by atoms with Crippen LogP contribution in [0, 0.1) is 5.82 Å².